The minimum Gasteiger partial charge on any atom is -0.457 e. The predicted octanol–water partition coefficient (Wildman–Crippen LogP) is 5.43. The molecule has 142 valence electrons. The number of hydrogen-bond acceptors (Lipinski definition) is 6. The summed E-state index contributed by atoms with van der Waals surface area (Å²) in [6.07, 6.45) is 3.22. The Hall–Kier alpha value is -3.29. The van der Waals surface area contributed by atoms with Crippen LogP contribution in [0.15, 0.2) is 64.9 Å². The van der Waals surface area contributed by atoms with Crippen LogP contribution in [0, 0.1) is 0 Å². The van der Waals surface area contributed by atoms with E-state index in [0.717, 1.165) is 16.1 Å². The Bertz CT molecular complexity index is 989. The number of benzene rings is 2. The Balaban J connectivity index is 1.56. The van der Waals surface area contributed by atoms with Crippen molar-refractivity contribution in [2.45, 2.75) is 23.9 Å². The van der Waals surface area contributed by atoms with Crippen LogP contribution in [0.1, 0.15) is 12.5 Å². The standard InChI is InChI=1S/C19H17N5O3S/c1-2-26-19(25)24-10-9-23-15-11-14(7-8-17(15)28-18(23)24)27-16-6-4-3-5-13(16)12-21-22-20/h3-11,18H,2,12H2,1H3. The number of azide groups is 1. The summed E-state index contributed by atoms with van der Waals surface area (Å²) in [7, 11) is 0. The van der Waals surface area contributed by atoms with Crippen molar-refractivity contribution >= 4 is 23.5 Å². The molecule has 2 aromatic rings. The van der Waals surface area contributed by atoms with E-state index in [1.54, 1.807) is 29.8 Å². The Labute approximate surface area is 166 Å². The monoisotopic (exact) mass is 395 g/mol. The van der Waals surface area contributed by atoms with Crippen LogP contribution in [0.3, 0.4) is 0 Å². The molecule has 0 spiro atoms. The Kier molecular flexibility index (Phi) is 5.01. The maximum Gasteiger partial charge on any atom is 0.416 e. The van der Waals surface area contributed by atoms with Gasteiger partial charge in [0.25, 0.3) is 0 Å². The zero-order valence-corrected chi connectivity index (χ0v) is 15.9. The van der Waals surface area contributed by atoms with Gasteiger partial charge in [-0.15, -0.1) is 0 Å². The molecule has 1 unspecified atom stereocenters. The quantitative estimate of drug-likeness (QED) is 0.382. The number of ether oxygens (including phenoxy) is 2. The minimum atomic E-state index is -0.366. The number of thioether (sulfide) groups is 1. The number of amides is 1. The number of rotatable bonds is 5. The van der Waals surface area contributed by atoms with Gasteiger partial charge in [-0.05, 0) is 30.7 Å². The van der Waals surface area contributed by atoms with Crippen LogP contribution in [0.4, 0.5) is 10.5 Å². The van der Waals surface area contributed by atoms with E-state index in [0.29, 0.717) is 18.1 Å². The molecule has 28 heavy (non-hydrogen) atoms. The van der Waals surface area contributed by atoms with Gasteiger partial charge in [0.1, 0.15) is 11.5 Å². The Morgan fingerprint density at radius 3 is 2.96 bits per heavy atom. The highest BCUT2D eigenvalue weighted by molar-refractivity contribution is 8.00. The third-order valence-corrected chi connectivity index (χ3v) is 5.55. The van der Waals surface area contributed by atoms with Crippen LogP contribution in [-0.4, -0.2) is 23.1 Å². The van der Waals surface area contributed by atoms with Gasteiger partial charge in [0.15, 0.2) is 5.50 Å². The van der Waals surface area contributed by atoms with Gasteiger partial charge in [-0.3, -0.25) is 4.90 Å². The van der Waals surface area contributed by atoms with Crippen molar-refractivity contribution in [2.75, 3.05) is 11.5 Å². The molecule has 2 aliphatic rings. The second-order valence-corrected chi connectivity index (χ2v) is 7.08. The fourth-order valence-electron chi connectivity index (χ4n) is 3.03. The summed E-state index contributed by atoms with van der Waals surface area (Å²) in [5, 5.41) is 3.62. The van der Waals surface area contributed by atoms with Crippen LogP contribution in [0.25, 0.3) is 10.4 Å². The minimum absolute atomic E-state index is 0.193. The number of fused-ring (bicyclic) bond motifs is 3. The van der Waals surface area contributed by atoms with E-state index in [1.807, 2.05) is 53.6 Å². The molecule has 2 aliphatic heterocycles. The van der Waals surface area contributed by atoms with E-state index in [2.05, 4.69) is 10.0 Å². The SMILES string of the molecule is CCOC(=O)N1C=CN2c3cc(Oc4ccccc4CN=[N+]=[N-])ccc3SC12. The highest BCUT2D eigenvalue weighted by Gasteiger charge is 2.39. The van der Waals surface area contributed by atoms with Crippen molar-refractivity contribution in [3.05, 3.63) is 70.9 Å². The molecule has 0 N–H and O–H groups in total. The van der Waals surface area contributed by atoms with Crippen molar-refractivity contribution < 1.29 is 14.3 Å². The average Bonchev–Trinajstić information content (AvgIpc) is 3.27. The van der Waals surface area contributed by atoms with E-state index in [-0.39, 0.29) is 18.1 Å². The topological polar surface area (TPSA) is 90.8 Å². The van der Waals surface area contributed by atoms with Gasteiger partial charge in [0.2, 0.25) is 0 Å². The van der Waals surface area contributed by atoms with Gasteiger partial charge in [-0.1, -0.05) is 35.1 Å². The van der Waals surface area contributed by atoms with Crippen molar-refractivity contribution in [3.8, 4) is 11.5 Å². The first-order valence-corrected chi connectivity index (χ1v) is 9.58. The lowest BCUT2D eigenvalue weighted by Crippen LogP contribution is -2.37. The molecular formula is C19H17N5O3S. The maximum atomic E-state index is 12.1. The number of anilines is 1. The molecule has 0 saturated heterocycles. The molecule has 2 heterocycles. The molecule has 0 bridgehead atoms. The largest absolute Gasteiger partial charge is 0.457 e. The third kappa shape index (κ3) is 3.33. The molecule has 0 fully saturated rings. The molecule has 9 heteroatoms. The van der Waals surface area contributed by atoms with E-state index in [1.165, 1.54) is 0 Å². The van der Waals surface area contributed by atoms with Crippen molar-refractivity contribution in [3.63, 3.8) is 0 Å². The second-order valence-electron chi connectivity index (χ2n) is 5.98. The summed E-state index contributed by atoms with van der Waals surface area (Å²) in [6, 6.07) is 13.2. The number of carbonyl (C=O) groups excluding carboxylic acids is 1. The maximum absolute atomic E-state index is 12.1. The highest BCUT2D eigenvalue weighted by atomic mass is 32.2. The number of hydrogen-bond donors (Lipinski definition) is 0. The summed E-state index contributed by atoms with van der Waals surface area (Å²) in [5.41, 5.74) is 10.1. The lowest BCUT2D eigenvalue weighted by molar-refractivity contribution is 0.122. The third-order valence-electron chi connectivity index (χ3n) is 4.29. The first-order valence-electron chi connectivity index (χ1n) is 8.70. The fraction of sp³-hybridized carbons (Fsp3) is 0.211. The molecule has 8 nitrogen and oxygen atoms in total. The van der Waals surface area contributed by atoms with E-state index in [9.17, 15) is 4.79 Å². The number of carbonyl (C=O) groups is 1. The molecule has 1 atom stereocenters. The Morgan fingerprint density at radius 2 is 2.14 bits per heavy atom. The summed E-state index contributed by atoms with van der Waals surface area (Å²) in [6.45, 7) is 2.34. The molecule has 0 radical (unpaired) electrons. The zero-order valence-electron chi connectivity index (χ0n) is 15.1. The number of para-hydroxylation sites is 1. The van der Waals surface area contributed by atoms with Crippen LogP contribution in [-0.2, 0) is 11.3 Å². The van der Waals surface area contributed by atoms with E-state index >= 15 is 0 Å². The normalized spacial score (nSPS) is 16.4. The molecular weight excluding hydrogens is 378 g/mol. The van der Waals surface area contributed by atoms with Crippen LogP contribution in [0.5, 0.6) is 11.5 Å². The average molecular weight is 395 g/mol. The summed E-state index contributed by atoms with van der Waals surface area (Å²) in [4.78, 5) is 19.6. The smallest absolute Gasteiger partial charge is 0.416 e. The molecule has 1 amide bonds. The predicted molar refractivity (Wildman–Crippen MR) is 106 cm³/mol. The Morgan fingerprint density at radius 1 is 1.29 bits per heavy atom. The lowest BCUT2D eigenvalue weighted by atomic mass is 10.2. The molecule has 0 aromatic heterocycles. The van der Waals surface area contributed by atoms with Crippen molar-refractivity contribution in [2.24, 2.45) is 5.11 Å². The van der Waals surface area contributed by atoms with Gasteiger partial charge in [-0.2, -0.15) is 0 Å². The van der Waals surface area contributed by atoms with Gasteiger partial charge in [0, 0.05) is 33.8 Å². The van der Waals surface area contributed by atoms with Crippen molar-refractivity contribution in [1.82, 2.24) is 4.90 Å². The van der Waals surface area contributed by atoms with Crippen LogP contribution >= 0.6 is 11.8 Å². The van der Waals surface area contributed by atoms with Gasteiger partial charge in [-0.25, -0.2) is 4.79 Å². The van der Waals surface area contributed by atoms with Gasteiger partial charge in [0.05, 0.1) is 18.8 Å². The molecule has 4 rings (SSSR count). The first kappa shape index (κ1) is 18.1. The first-order chi connectivity index (χ1) is 13.7. The van der Waals surface area contributed by atoms with E-state index < -0.39 is 0 Å². The summed E-state index contributed by atoms with van der Waals surface area (Å²) in [5.74, 6) is 1.30. The highest BCUT2D eigenvalue weighted by Crippen LogP contribution is 2.49. The summed E-state index contributed by atoms with van der Waals surface area (Å²) < 4.78 is 11.2. The second kappa shape index (κ2) is 7.75. The number of nitrogens with zero attached hydrogens (tertiary/aromatic N) is 5. The fourth-order valence-corrected chi connectivity index (χ4v) is 4.26. The molecule has 0 aliphatic carbocycles. The van der Waals surface area contributed by atoms with E-state index in [4.69, 9.17) is 15.0 Å². The molecule has 0 saturated carbocycles. The lowest BCUT2D eigenvalue weighted by Gasteiger charge is -2.23. The van der Waals surface area contributed by atoms with Crippen molar-refractivity contribution in [1.29, 1.82) is 0 Å². The van der Waals surface area contributed by atoms with Crippen LogP contribution < -0.4 is 9.64 Å². The van der Waals surface area contributed by atoms with Gasteiger partial charge >= 0.3 is 6.09 Å². The zero-order chi connectivity index (χ0) is 19.5. The van der Waals surface area contributed by atoms with Gasteiger partial charge < -0.3 is 14.4 Å². The molecule has 2 aromatic carbocycles. The summed E-state index contributed by atoms with van der Waals surface area (Å²) >= 11 is 1.58. The van der Waals surface area contributed by atoms with Crippen LogP contribution in [0.2, 0.25) is 0 Å².